The van der Waals surface area contributed by atoms with Crippen molar-refractivity contribution in [2.45, 2.75) is 11.4 Å². The molecule has 1 aromatic heterocycles. The van der Waals surface area contributed by atoms with Crippen molar-refractivity contribution in [1.29, 1.82) is 0 Å². The van der Waals surface area contributed by atoms with Crippen molar-refractivity contribution < 1.29 is 53.9 Å². The van der Waals surface area contributed by atoms with Crippen LogP contribution in [0.3, 0.4) is 0 Å². The first kappa shape index (κ1) is 22.0. The Bertz CT molecular complexity index is 860. The van der Waals surface area contributed by atoms with Gasteiger partial charge in [-0.2, -0.15) is 0 Å². The van der Waals surface area contributed by atoms with Gasteiger partial charge in [-0.25, -0.2) is 4.98 Å². The largest absolute Gasteiger partial charge is 1.00 e. The van der Waals surface area contributed by atoms with E-state index in [9.17, 15) is 19.5 Å². The molecule has 0 radical (unpaired) electrons. The number of thiazole rings is 1. The number of aromatic nitrogens is 1. The summed E-state index contributed by atoms with van der Waals surface area (Å²) in [6.07, 6.45) is 0. The van der Waals surface area contributed by atoms with Gasteiger partial charge in [0, 0.05) is 11.1 Å². The van der Waals surface area contributed by atoms with Crippen molar-refractivity contribution in [1.82, 2.24) is 15.2 Å². The van der Waals surface area contributed by atoms with Crippen LogP contribution in [0.1, 0.15) is 5.69 Å². The van der Waals surface area contributed by atoms with Gasteiger partial charge in [-0.05, 0) is 0 Å². The van der Waals surface area contributed by atoms with Gasteiger partial charge in [-0.15, -0.1) is 23.1 Å². The third kappa shape index (κ3) is 4.10. The van der Waals surface area contributed by atoms with Crippen LogP contribution in [0, 0.1) is 0 Å². The molecule has 2 amide bonds. The number of nitrogens with one attached hydrogen (secondary N) is 1. The molecule has 2 aliphatic rings. The number of hydrogen-bond acceptors (Lipinski definition) is 10. The van der Waals surface area contributed by atoms with Gasteiger partial charge in [0.1, 0.15) is 24.2 Å². The standard InChI is InChI=1S/C13H12ClN5O5S2.Na/c1-24-18-6(5-3-26-13(15)16-5)9(20)17-7-10(21)19-8(12(22)23)4(14)2-25-11(7)19;/h3,7,11H,2H2,1H3,(H2,15,16)(H,17,20)(H,22,23);/q;+1/p-1/t7?,11-;/m0./s1. The van der Waals surface area contributed by atoms with Gasteiger partial charge in [0.25, 0.3) is 11.8 Å². The number of thioether (sulfide) groups is 1. The van der Waals surface area contributed by atoms with Crippen molar-refractivity contribution in [3.63, 3.8) is 0 Å². The Morgan fingerprint density at radius 3 is 2.81 bits per heavy atom. The van der Waals surface area contributed by atoms with E-state index in [1.54, 1.807) is 0 Å². The number of nitrogens with two attached hydrogens (primary N) is 1. The minimum Gasteiger partial charge on any atom is -0.543 e. The minimum atomic E-state index is -1.54. The molecule has 1 aromatic rings. The van der Waals surface area contributed by atoms with E-state index in [1.165, 1.54) is 24.3 Å². The summed E-state index contributed by atoms with van der Waals surface area (Å²) in [5.74, 6) is -2.67. The predicted octanol–water partition coefficient (Wildman–Crippen LogP) is -4.32. The Morgan fingerprint density at radius 1 is 1.56 bits per heavy atom. The number of carboxylic acids is 1. The Labute approximate surface area is 188 Å². The second-order valence-electron chi connectivity index (χ2n) is 5.10. The summed E-state index contributed by atoms with van der Waals surface area (Å²) in [7, 11) is 1.26. The number of carbonyl (C=O) groups is 3. The molecule has 1 fully saturated rings. The van der Waals surface area contributed by atoms with Crippen molar-refractivity contribution in [3.05, 3.63) is 21.8 Å². The molecule has 0 saturated carbocycles. The average molecular weight is 440 g/mol. The number of nitrogen functional groups attached to an aromatic ring is 1. The van der Waals surface area contributed by atoms with Gasteiger partial charge >= 0.3 is 29.6 Å². The SMILES string of the molecule is CON=C(C(=O)NC1C(=O)N2C(C(=O)[O-])=C(Cl)CS[C@@H]12)c1csc(N)n1.[Na+]. The van der Waals surface area contributed by atoms with E-state index in [4.69, 9.17) is 17.3 Å². The van der Waals surface area contributed by atoms with Gasteiger partial charge in [-0.1, -0.05) is 16.8 Å². The first-order valence-corrected chi connectivity index (χ1v) is 9.33. The zero-order valence-corrected chi connectivity index (χ0v) is 18.5. The maximum absolute atomic E-state index is 12.5. The smallest absolute Gasteiger partial charge is 0.543 e. The maximum Gasteiger partial charge on any atom is 1.00 e. The molecule has 3 N–H and O–H groups in total. The molecule has 1 saturated heterocycles. The van der Waals surface area contributed by atoms with Crippen LogP contribution in [0.5, 0.6) is 0 Å². The predicted molar refractivity (Wildman–Crippen MR) is 93.0 cm³/mol. The van der Waals surface area contributed by atoms with Crippen LogP contribution >= 0.6 is 34.7 Å². The van der Waals surface area contributed by atoms with E-state index in [0.29, 0.717) is 0 Å². The average Bonchev–Trinajstić information content (AvgIpc) is 3.02. The first-order chi connectivity index (χ1) is 12.3. The molecular weight excluding hydrogens is 429 g/mol. The molecule has 3 heterocycles. The van der Waals surface area contributed by atoms with E-state index in [2.05, 4.69) is 20.3 Å². The Morgan fingerprint density at radius 2 is 2.26 bits per heavy atom. The number of halogens is 1. The Hall–Kier alpha value is -1.31. The zero-order valence-electron chi connectivity index (χ0n) is 14.1. The molecule has 10 nitrogen and oxygen atoms in total. The fourth-order valence-electron chi connectivity index (χ4n) is 2.47. The molecule has 2 atom stereocenters. The first-order valence-electron chi connectivity index (χ1n) is 7.03. The number of carboxylic acid groups (broad SMARTS) is 1. The van der Waals surface area contributed by atoms with Gasteiger partial charge in [0.15, 0.2) is 10.8 Å². The molecule has 0 aromatic carbocycles. The second kappa shape index (κ2) is 8.80. The van der Waals surface area contributed by atoms with Crippen LogP contribution in [-0.4, -0.2) is 57.7 Å². The van der Waals surface area contributed by atoms with Crippen LogP contribution < -0.4 is 45.7 Å². The summed E-state index contributed by atoms with van der Waals surface area (Å²) < 4.78 is 0. The van der Waals surface area contributed by atoms with Crippen LogP contribution in [0.15, 0.2) is 21.3 Å². The monoisotopic (exact) mass is 439 g/mol. The van der Waals surface area contributed by atoms with Crippen molar-refractivity contribution in [2.75, 3.05) is 18.6 Å². The normalized spacial score (nSPS) is 21.8. The number of β-lactam (4-membered cyclic amide) rings is 1. The van der Waals surface area contributed by atoms with E-state index >= 15 is 0 Å². The summed E-state index contributed by atoms with van der Waals surface area (Å²) in [5.41, 5.74) is 5.23. The number of nitrogens with zero attached hydrogens (tertiary/aromatic N) is 3. The van der Waals surface area contributed by atoms with E-state index in [-0.39, 0.29) is 62.6 Å². The topological polar surface area (TPSA) is 150 Å². The molecule has 14 heteroatoms. The molecular formula is C13H11ClN5NaO5S2. The fraction of sp³-hybridized carbons (Fsp3) is 0.308. The zero-order chi connectivity index (χ0) is 19.0. The van der Waals surface area contributed by atoms with Crippen molar-refractivity contribution in [3.8, 4) is 0 Å². The molecule has 0 spiro atoms. The number of aliphatic carboxylic acids is 1. The number of hydrogen-bond donors (Lipinski definition) is 2. The number of fused-ring (bicyclic) bond motifs is 1. The molecule has 0 aliphatic carbocycles. The van der Waals surface area contributed by atoms with E-state index in [0.717, 1.165) is 16.2 Å². The molecule has 1 unspecified atom stereocenters. The van der Waals surface area contributed by atoms with E-state index in [1.807, 2.05) is 0 Å². The summed E-state index contributed by atoms with van der Waals surface area (Å²) in [6.45, 7) is 0. The minimum absolute atomic E-state index is 0. The molecule has 0 bridgehead atoms. The van der Waals surface area contributed by atoms with Crippen LogP contribution in [0.2, 0.25) is 0 Å². The summed E-state index contributed by atoms with van der Waals surface area (Å²) in [5, 5.41) is 18.5. The van der Waals surface area contributed by atoms with Gasteiger partial charge in [0.2, 0.25) is 0 Å². The van der Waals surface area contributed by atoms with Gasteiger partial charge in [-0.3, -0.25) is 14.5 Å². The van der Waals surface area contributed by atoms with Gasteiger partial charge in [0.05, 0.1) is 16.7 Å². The summed E-state index contributed by atoms with van der Waals surface area (Å²) >= 11 is 8.21. The number of carbonyl (C=O) groups excluding carboxylic acids is 3. The maximum atomic E-state index is 12.5. The second-order valence-corrected chi connectivity index (χ2v) is 7.55. The molecule has 27 heavy (non-hydrogen) atoms. The Balaban J connectivity index is 0.00000261. The summed E-state index contributed by atoms with van der Waals surface area (Å²) in [6, 6.07) is -0.940. The molecule has 3 rings (SSSR count). The summed E-state index contributed by atoms with van der Waals surface area (Å²) in [4.78, 5) is 45.7. The number of oxime groups is 1. The van der Waals surface area contributed by atoms with E-state index < -0.39 is 29.2 Å². The van der Waals surface area contributed by atoms with Crippen LogP contribution in [0.4, 0.5) is 5.13 Å². The molecule has 2 aliphatic heterocycles. The van der Waals surface area contributed by atoms with Crippen molar-refractivity contribution in [2.24, 2.45) is 5.16 Å². The van der Waals surface area contributed by atoms with Gasteiger partial charge < -0.3 is 25.8 Å². The quantitative estimate of drug-likeness (QED) is 0.202. The molecule has 138 valence electrons. The number of rotatable bonds is 5. The number of anilines is 1. The number of amides is 2. The fourth-order valence-corrected chi connectivity index (χ4v) is 4.57. The van der Waals surface area contributed by atoms with Crippen LogP contribution in [-0.2, 0) is 19.2 Å². The Kier molecular flexibility index (Phi) is 7.16. The van der Waals surface area contributed by atoms with Crippen LogP contribution in [0.25, 0.3) is 0 Å². The van der Waals surface area contributed by atoms with Crippen molar-refractivity contribution >= 4 is 63.3 Å². The third-order valence-corrected chi connectivity index (χ3v) is 5.99. The third-order valence-electron chi connectivity index (χ3n) is 3.56.